The Bertz CT molecular complexity index is 851. The molecule has 0 saturated carbocycles. The number of aromatic nitrogens is 1. The lowest BCUT2D eigenvalue weighted by molar-refractivity contribution is 0.0761. The van der Waals surface area contributed by atoms with Crippen molar-refractivity contribution in [3.8, 4) is 0 Å². The van der Waals surface area contributed by atoms with Gasteiger partial charge in [-0.3, -0.25) is 4.79 Å². The molecule has 1 N–H and O–H groups in total. The van der Waals surface area contributed by atoms with Crippen LogP contribution in [0.2, 0.25) is 0 Å². The van der Waals surface area contributed by atoms with Gasteiger partial charge in [0, 0.05) is 51.8 Å². The third kappa shape index (κ3) is 3.07. The van der Waals surface area contributed by atoms with Gasteiger partial charge in [-0.2, -0.15) is 0 Å². The van der Waals surface area contributed by atoms with E-state index in [0.717, 1.165) is 5.56 Å². The number of carbonyl (C=O) groups excluding carboxylic acids is 2. The van der Waals surface area contributed by atoms with E-state index >= 15 is 0 Å². The van der Waals surface area contributed by atoms with Gasteiger partial charge in [0.2, 0.25) is 0 Å². The van der Waals surface area contributed by atoms with Crippen LogP contribution in [-0.4, -0.2) is 65.4 Å². The summed E-state index contributed by atoms with van der Waals surface area (Å²) in [7, 11) is 3.44. The van der Waals surface area contributed by atoms with E-state index in [9.17, 15) is 14.0 Å². The summed E-state index contributed by atoms with van der Waals surface area (Å²) in [6, 6.07) is 9.69. The Morgan fingerprint density at radius 1 is 1.15 bits per heavy atom. The van der Waals surface area contributed by atoms with Crippen LogP contribution in [0.3, 0.4) is 0 Å². The molecule has 6 nitrogen and oxygen atoms in total. The molecule has 0 unspecified atom stereocenters. The predicted octanol–water partition coefficient (Wildman–Crippen LogP) is 2.58. The van der Waals surface area contributed by atoms with Crippen LogP contribution in [0.5, 0.6) is 0 Å². The van der Waals surface area contributed by atoms with Crippen molar-refractivity contribution in [2.75, 3.05) is 33.7 Å². The molecule has 3 heterocycles. The summed E-state index contributed by atoms with van der Waals surface area (Å²) < 4.78 is 13.9. The van der Waals surface area contributed by atoms with E-state index in [1.807, 2.05) is 15.9 Å². The van der Waals surface area contributed by atoms with E-state index in [2.05, 4.69) is 4.98 Å². The third-order valence-corrected chi connectivity index (χ3v) is 5.60. The molecule has 2 saturated heterocycles. The van der Waals surface area contributed by atoms with Crippen molar-refractivity contribution < 1.29 is 14.0 Å². The second-order valence-electron chi connectivity index (χ2n) is 7.55. The first-order valence-corrected chi connectivity index (χ1v) is 9.11. The fourth-order valence-electron chi connectivity index (χ4n) is 4.42. The molecule has 4 rings (SSSR count). The van der Waals surface area contributed by atoms with Crippen molar-refractivity contribution in [3.63, 3.8) is 0 Å². The maximum absolute atomic E-state index is 13.9. The quantitative estimate of drug-likeness (QED) is 0.883. The number of rotatable bonds is 2. The van der Waals surface area contributed by atoms with E-state index in [1.165, 1.54) is 12.1 Å². The monoisotopic (exact) mass is 370 g/mol. The SMILES string of the molecule is CN(C)C(=O)N1C[C@H]2CN(C(=O)c3ccc[nH]3)C[C@H]2[C@@H]1c1cccc(F)c1. The average molecular weight is 370 g/mol. The van der Waals surface area contributed by atoms with Gasteiger partial charge in [-0.25, -0.2) is 9.18 Å². The van der Waals surface area contributed by atoms with Crippen molar-refractivity contribution in [2.24, 2.45) is 11.8 Å². The van der Waals surface area contributed by atoms with Gasteiger partial charge in [-0.15, -0.1) is 0 Å². The standard InChI is InChI=1S/C20H23FN4O2/c1-23(2)20(27)25-11-14-10-24(19(26)17-7-4-8-22-17)12-16(14)18(25)13-5-3-6-15(21)9-13/h3-9,14,16,18,22H,10-12H2,1-2H3/t14-,16-,18+/m1/s1. The number of hydrogen-bond acceptors (Lipinski definition) is 2. The number of fused-ring (bicyclic) bond motifs is 1. The van der Waals surface area contributed by atoms with Crippen LogP contribution >= 0.6 is 0 Å². The normalized spacial score (nSPS) is 24.2. The highest BCUT2D eigenvalue weighted by Gasteiger charge is 2.50. The zero-order chi connectivity index (χ0) is 19.1. The highest BCUT2D eigenvalue weighted by molar-refractivity contribution is 5.92. The Labute approximate surface area is 157 Å². The minimum atomic E-state index is -0.314. The van der Waals surface area contributed by atoms with Crippen molar-refractivity contribution in [3.05, 3.63) is 59.7 Å². The fraction of sp³-hybridized carbons (Fsp3) is 0.400. The number of aromatic amines is 1. The van der Waals surface area contributed by atoms with Crippen LogP contribution in [0.15, 0.2) is 42.6 Å². The number of benzene rings is 1. The molecule has 0 bridgehead atoms. The first-order valence-electron chi connectivity index (χ1n) is 9.11. The molecule has 2 aromatic rings. The van der Waals surface area contributed by atoms with Gasteiger partial charge in [0.05, 0.1) is 6.04 Å². The van der Waals surface area contributed by atoms with Crippen LogP contribution in [0.25, 0.3) is 0 Å². The number of H-pyrrole nitrogens is 1. The molecule has 0 spiro atoms. The molecular weight excluding hydrogens is 347 g/mol. The Morgan fingerprint density at radius 3 is 2.63 bits per heavy atom. The lowest BCUT2D eigenvalue weighted by atomic mass is 9.89. The van der Waals surface area contributed by atoms with E-state index in [-0.39, 0.29) is 35.6 Å². The summed E-state index contributed by atoms with van der Waals surface area (Å²) in [6.07, 6.45) is 1.73. The van der Waals surface area contributed by atoms with Crippen molar-refractivity contribution in [1.82, 2.24) is 19.7 Å². The van der Waals surface area contributed by atoms with Gasteiger partial charge in [-0.1, -0.05) is 12.1 Å². The minimum Gasteiger partial charge on any atom is -0.357 e. The lowest BCUT2D eigenvalue weighted by Crippen LogP contribution is -2.42. The maximum Gasteiger partial charge on any atom is 0.320 e. The van der Waals surface area contributed by atoms with Crippen molar-refractivity contribution >= 4 is 11.9 Å². The number of amides is 3. The number of urea groups is 1. The average Bonchev–Trinajstić information content (AvgIpc) is 3.35. The predicted molar refractivity (Wildman–Crippen MR) is 98.6 cm³/mol. The van der Waals surface area contributed by atoms with E-state index in [4.69, 9.17) is 0 Å². The minimum absolute atomic E-state index is 0.0297. The van der Waals surface area contributed by atoms with Crippen molar-refractivity contribution in [1.29, 1.82) is 0 Å². The van der Waals surface area contributed by atoms with Gasteiger partial charge in [0.1, 0.15) is 11.5 Å². The van der Waals surface area contributed by atoms with Gasteiger partial charge in [0.25, 0.3) is 5.91 Å². The van der Waals surface area contributed by atoms with Gasteiger partial charge in [-0.05, 0) is 29.8 Å². The Kier molecular flexibility index (Phi) is 4.37. The van der Waals surface area contributed by atoms with Gasteiger partial charge >= 0.3 is 6.03 Å². The lowest BCUT2D eigenvalue weighted by Gasteiger charge is -2.31. The molecular formula is C20H23FN4O2. The number of nitrogens with zero attached hydrogens (tertiary/aromatic N) is 3. The second-order valence-corrected chi connectivity index (χ2v) is 7.55. The molecule has 2 aliphatic rings. The summed E-state index contributed by atoms with van der Waals surface area (Å²) in [5, 5.41) is 0. The largest absolute Gasteiger partial charge is 0.357 e. The summed E-state index contributed by atoms with van der Waals surface area (Å²) in [6.45, 7) is 1.73. The molecule has 142 valence electrons. The van der Waals surface area contributed by atoms with E-state index < -0.39 is 0 Å². The van der Waals surface area contributed by atoms with Crippen LogP contribution in [0, 0.1) is 17.7 Å². The van der Waals surface area contributed by atoms with Crippen LogP contribution < -0.4 is 0 Å². The third-order valence-electron chi connectivity index (χ3n) is 5.60. The maximum atomic E-state index is 13.9. The zero-order valence-corrected chi connectivity index (χ0v) is 15.4. The number of halogens is 1. The Balaban J connectivity index is 1.63. The molecule has 7 heteroatoms. The molecule has 2 fully saturated rings. The Hall–Kier alpha value is -2.83. The Morgan fingerprint density at radius 2 is 1.96 bits per heavy atom. The highest BCUT2D eigenvalue weighted by Crippen LogP contribution is 2.45. The second kappa shape index (κ2) is 6.72. The summed E-state index contributed by atoms with van der Waals surface area (Å²) in [4.78, 5) is 33.6. The number of carbonyl (C=O) groups is 2. The molecule has 3 amide bonds. The van der Waals surface area contributed by atoms with Gasteiger partial charge in [0.15, 0.2) is 0 Å². The molecule has 27 heavy (non-hydrogen) atoms. The molecule has 0 aliphatic carbocycles. The summed E-state index contributed by atoms with van der Waals surface area (Å²) in [5.74, 6) is -0.0703. The summed E-state index contributed by atoms with van der Waals surface area (Å²) >= 11 is 0. The fourth-order valence-corrected chi connectivity index (χ4v) is 4.42. The number of nitrogens with one attached hydrogen (secondary N) is 1. The van der Waals surface area contributed by atoms with Crippen LogP contribution in [0.4, 0.5) is 9.18 Å². The smallest absolute Gasteiger partial charge is 0.320 e. The molecule has 1 aromatic heterocycles. The molecule has 2 aliphatic heterocycles. The van der Waals surface area contributed by atoms with Crippen molar-refractivity contribution in [2.45, 2.75) is 6.04 Å². The first-order chi connectivity index (χ1) is 13.0. The highest BCUT2D eigenvalue weighted by atomic mass is 19.1. The zero-order valence-electron chi connectivity index (χ0n) is 15.4. The van der Waals surface area contributed by atoms with Gasteiger partial charge < -0.3 is 19.7 Å². The van der Waals surface area contributed by atoms with E-state index in [0.29, 0.717) is 25.3 Å². The first kappa shape index (κ1) is 17.6. The van der Waals surface area contributed by atoms with E-state index in [1.54, 1.807) is 43.4 Å². The summed E-state index contributed by atoms with van der Waals surface area (Å²) in [5.41, 5.74) is 1.35. The van der Waals surface area contributed by atoms with Crippen LogP contribution in [0.1, 0.15) is 22.1 Å². The molecule has 1 aromatic carbocycles. The number of likely N-dealkylation sites (tertiary alicyclic amines) is 2. The number of hydrogen-bond donors (Lipinski definition) is 1. The van der Waals surface area contributed by atoms with Crippen LogP contribution in [-0.2, 0) is 0 Å². The molecule has 0 radical (unpaired) electrons. The molecule has 3 atom stereocenters. The topological polar surface area (TPSA) is 59.7 Å².